The highest BCUT2D eigenvalue weighted by atomic mass is 32.2. The van der Waals surface area contributed by atoms with Gasteiger partial charge in [0.25, 0.3) is 0 Å². The van der Waals surface area contributed by atoms with Crippen LogP contribution in [0.1, 0.15) is 18.4 Å². The van der Waals surface area contributed by atoms with Crippen molar-refractivity contribution in [2.24, 2.45) is 17.8 Å². The molecule has 0 unspecified atom stereocenters. The fraction of sp³-hybridized carbons (Fsp3) is 0.600. The molecule has 1 heterocycles. The van der Waals surface area contributed by atoms with Crippen LogP contribution in [0.4, 0.5) is 0 Å². The maximum absolute atomic E-state index is 2.51. The quantitative estimate of drug-likeness (QED) is 0.602. The molecule has 1 aromatic carbocycles. The first-order chi connectivity index (χ1) is 11.3. The zero-order chi connectivity index (χ0) is 15.6. The van der Waals surface area contributed by atoms with Gasteiger partial charge in [-0.15, -0.1) is 11.8 Å². The summed E-state index contributed by atoms with van der Waals surface area (Å²) in [7, 11) is 0. The molecule has 2 N–H and O–H groups in total. The number of piperazine rings is 1. The third kappa shape index (κ3) is 3.67. The lowest BCUT2D eigenvalue weighted by Crippen LogP contribution is -3.27. The van der Waals surface area contributed by atoms with Gasteiger partial charge in [-0.25, -0.2) is 0 Å². The molecular weight excluding hydrogens is 300 g/mol. The average molecular weight is 331 g/mol. The van der Waals surface area contributed by atoms with Crippen molar-refractivity contribution in [3.05, 3.63) is 42.0 Å². The van der Waals surface area contributed by atoms with Crippen LogP contribution in [0.2, 0.25) is 0 Å². The first-order valence-corrected chi connectivity index (χ1v) is 10.5. The van der Waals surface area contributed by atoms with Gasteiger partial charge in [0.15, 0.2) is 0 Å². The van der Waals surface area contributed by atoms with E-state index in [0.717, 1.165) is 17.8 Å². The lowest BCUT2D eigenvalue weighted by molar-refractivity contribution is -1.02. The van der Waals surface area contributed by atoms with Crippen molar-refractivity contribution in [1.29, 1.82) is 0 Å². The Morgan fingerprint density at radius 2 is 1.70 bits per heavy atom. The van der Waals surface area contributed by atoms with Gasteiger partial charge in [-0.05, 0) is 43.1 Å². The Hall–Kier alpha value is -0.770. The molecule has 2 nitrogen and oxygen atoms in total. The van der Waals surface area contributed by atoms with Crippen molar-refractivity contribution in [2.45, 2.75) is 24.3 Å². The van der Waals surface area contributed by atoms with Crippen LogP contribution in [0.3, 0.4) is 0 Å². The highest BCUT2D eigenvalue weighted by Crippen LogP contribution is 2.42. The van der Waals surface area contributed by atoms with Crippen LogP contribution >= 0.6 is 11.8 Å². The number of benzene rings is 1. The number of allylic oxidation sites excluding steroid dienone is 2. The van der Waals surface area contributed by atoms with Crippen molar-refractivity contribution < 1.29 is 9.80 Å². The second-order valence-electron chi connectivity index (χ2n) is 7.77. The Kier molecular flexibility index (Phi) is 4.79. The Bertz CT molecular complexity index is 545. The van der Waals surface area contributed by atoms with Crippen LogP contribution in [0.15, 0.2) is 41.3 Å². The van der Waals surface area contributed by atoms with Gasteiger partial charge in [0.05, 0.1) is 6.54 Å². The molecule has 2 fully saturated rings. The molecule has 4 rings (SSSR count). The number of nitrogens with one attached hydrogen (secondary N) is 2. The van der Waals surface area contributed by atoms with Crippen LogP contribution < -0.4 is 9.80 Å². The van der Waals surface area contributed by atoms with Crippen molar-refractivity contribution in [3.8, 4) is 0 Å². The average Bonchev–Trinajstić information content (AvgIpc) is 3.20. The van der Waals surface area contributed by atoms with Gasteiger partial charge in [0.2, 0.25) is 0 Å². The van der Waals surface area contributed by atoms with Gasteiger partial charge < -0.3 is 9.80 Å². The van der Waals surface area contributed by atoms with Gasteiger partial charge in [-0.1, -0.05) is 24.3 Å². The standard InChI is InChI=1S/C20H28N2S/c1-23-20-6-3-16(4-7-20)14-21-8-10-22(11-9-21)15-19-13-17-2-5-18(19)12-17/h2-7,17-19H,8-15H2,1H3/p+2/t17-,18-,19-/m0/s1. The molecule has 1 saturated carbocycles. The summed E-state index contributed by atoms with van der Waals surface area (Å²) in [5, 5.41) is 0. The van der Waals surface area contributed by atoms with E-state index in [1.807, 2.05) is 16.7 Å². The Balaban J connectivity index is 1.23. The summed E-state index contributed by atoms with van der Waals surface area (Å²) in [6, 6.07) is 9.17. The van der Waals surface area contributed by atoms with Crippen LogP contribution in [0, 0.1) is 17.8 Å². The molecule has 0 spiro atoms. The summed E-state index contributed by atoms with van der Waals surface area (Å²) in [5.74, 6) is 2.84. The molecular formula is C20H30N2S+2. The van der Waals surface area contributed by atoms with E-state index in [1.165, 1.54) is 62.6 Å². The van der Waals surface area contributed by atoms with Gasteiger partial charge in [-0.2, -0.15) is 0 Å². The lowest BCUT2D eigenvalue weighted by Gasteiger charge is -2.32. The highest BCUT2D eigenvalue weighted by Gasteiger charge is 2.38. The number of quaternary nitrogens is 2. The summed E-state index contributed by atoms with van der Waals surface area (Å²) >= 11 is 1.83. The van der Waals surface area contributed by atoms with E-state index >= 15 is 0 Å². The monoisotopic (exact) mass is 330 g/mol. The minimum absolute atomic E-state index is 0.924. The van der Waals surface area contributed by atoms with Gasteiger partial charge >= 0.3 is 0 Å². The van der Waals surface area contributed by atoms with Crippen molar-refractivity contribution >= 4 is 11.8 Å². The summed E-state index contributed by atoms with van der Waals surface area (Å²) < 4.78 is 0. The second kappa shape index (κ2) is 7.00. The normalized spacial score (nSPS) is 35.8. The minimum Gasteiger partial charge on any atom is -0.325 e. The summed E-state index contributed by atoms with van der Waals surface area (Å²) in [5.41, 5.74) is 1.50. The van der Waals surface area contributed by atoms with Crippen LogP contribution in [-0.4, -0.2) is 39.0 Å². The van der Waals surface area contributed by atoms with E-state index in [0.29, 0.717) is 0 Å². The van der Waals surface area contributed by atoms with E-state index in [-0.39, 0.29) is 0 Å². The summed E-state index contributed by atoms with van der Waals surface area (Å²) in [6.07, 6.45) is 10.1. The predicted molar refractivity (Wildman–Crippen MR) is 97.0 cm³/mol. The molecule has 3 heteroatoms. The zero-order valence-electron chi connectivity index (χ0n) is 14.3. The van der Waals surface area contributed by atoms with Crippen LogP contribution in [-0.2, 0) is 6.54 Å². The summed E-state index contributed by atoms with van der Waals surface area (Å²) in [4.78, 5) is 5.02. The molecule has 2 aliphatic carbocycles. The Morgan fingerprint density at radius 1 is 0.957 bits per heavy atom. The SMILES string of the molecule is CSc1ccc(C[NH+]2CC[NH+](C[C@@H]3C[C@H]4C=C[C@H]3C4)CC2)cc1. The second-order valence-corrected chi connectivity index (χ2v) is 8.65. The van der Waals surface area contributed by atoms with Crippen LogP contribution in [0.5, 0.6) is 0 Å². The van der Waals surface area contributed by atoms with Crippen molar-refractivity contribution in [3.63, 3.8) is 0 Å². The molecule has 3 atom stereocenters. The molecule has 1 saturated heterocycles. The molecule has 3 aliphatic rings. The topological polar surface area (TPSA) is 8.88 Å². The Morgan fingerprint density at radius 3 is 2.30 bits per heavy atom. The first kappa shape index (κ1) is 15.7. The van der Waals surface area contributed by atoms with Gasteiger partial charge in [0, 0.05) is 16.4 Å². The number of thioether (sulfide) groups is 1. The molecule has 124 valence electrons. The first-order valence-electron chi connectivity index (χ1n) is 9.28. The molecule has 0 radical (unpaired) electrons. The fourth-order valence-corrected chi connectivity index (χ4v) is 5.28. The van der Waals surface area contributed by atoms with E-state index < -0.39 is 0 Å². The van der Waals surface area contributed by atoms with E-state index in [2.05, 4.69) is 42.7 Å². The maximum Gasteiger partial charge on any atom is 0.127 e. The fourth-order valence-electron chi connectivity index (χ4n) is 4.87. The molecule has 2 bridgehead atoms. The van der Waals surface area contributed by atoms with Gasteiger partial charge in [0.1, 0.15) is 32.7 Å². The Labute approximate surface area is 144 Å². The van der Waals surface area contributed by atoms with E-state index in [4.69, 9.17) is 0 Å². The van der Waals surface area contributed by atoms with Crippen molar-refractivity contribution in [2.75, 3.05) is 39.0 Å². The molecule has 0 amide bonds. The zero-order valence-corrected chi connectivity index (χ0v) is 15.1. The van der Waals surface area contributed by atoms with Crippen LogP contribution in [0.25, 0.3) is 0 Å². The smallest absolute Gasteiger partial charge is 0.127 e. The number of rotatable bonds is 5. The van der Waals surface area contributed by atoms with Crippen molar-refractivity contribution in [1.82, 2.24) is 0 Å². The maximum atomic E-state index is 2.51. The number of fused-ring (bicyclic) bond motifs is 2. The predicted octanol–water partition coefficient (Wildman–Crippen LogP) is 0.904. The van der Waals surface area contributed by atoms with Gasteiger partial charge in [-0.3, -0.25) is 0 Å². The molecule has 1 aliphatic heterocycles. The molecule has 0 aromatic heterocycles. The highest BCUT2D eigenvalue weighted by molar-refractivity contribution is 7.98. The van der Waals surface area contributed by atoms with E-state index in [9.17, 15) is 0 Å². The number of hydrogen-bond acceptors (Lipinski definition) is 1. The minimum atomic E-state index is 0.924. The lowest BCUT2D eigenvalue weighted by atomic mass is 9.93. The third-order valence-electron chi connectivity index (χ3n) is 6.24. The third-order valence-corrected chi connectivity index (χ3v) is 6.99. The van der Waals surface area contributed by atoms with E-state index in [1.54, 1.807) is 4.90 Å². The number of hydrogen-bond donors (Lipinski definition) is 2. The largest absolute Gasteiger partial charge is 0.325 e. The summed E-state index contributed by atoms with van der Waals surface area (Å²) in [6.45, 7) is 8.07. The molecule has 1 aromatic rings. The molecule has 23 heavy (non-hydrogen) atoms.